The molecular weight excluding hydrogens is 462 g/mol. The number of hydrogen-bond donors (Lipinski definition) is 2. The molecule has 3 aromatic carbocycles. The molecule has 30 heavy (non-hydrogen) atoms. The summed E-state index contributed by atoms with van der Waals surface area (Å²) in [4.78, 5) is 0.155. The quantitative estimate of drug-likeness (QED) is 0.465. The van der Waals surface area contributed by atoms with Gasteiger partial charge in [-0.2, -0.15) is 0 Å². The van der Waals surface area contributed by atoms with Gasteiger partial charge in [0.2, 0.25) is 10.0 Å². The molecule has 6 heteroatoms. The van der Waals surface area contributed by atoms with Crippen LogP contribution < -0.4 is 4.72 Å². The van der Waals surface area contributed by atoms with Crippen molar-refractivity contribution < 1.29 is 13.5 Å². The molecule has 4 nitrogen and oxygen atoms in total. The first-order valence-corrected chi connectivity index (χ1v) is 12.2. The van der Waals surface area contributed by atoms with E-state index in [9.17, 15) is 13.5 Å². The molecule has 0 fully saturated rings. The van der Waals surface area contributed by atoms with Crippen LogP contribution in [0, 0.1) is 5.92 Å². The fourth-order valence-corrected chi connectivity index (χ4v) is 5.24. The standard InChI is InChI=1S/C24H26BrNO3S/c1-3-18(2)23(26-30(28,29)22-16-14-21(25)15-17-22)24(27,19-10-6-4-7-11-19)20-12-8-5-9-13-20/h4-18,23,26-27H,3H2,1-2H3/t18-,23-/m0/s1. The van der Waals surface area contributed by atoms with E-state index in [4.69, 9.17) is 0 Å². The molecule has 0 spiro atoms. The average Bonchev–Trinajstić information content (AvgIpc) is 2.78. The molecule has 0 heterocycles. The first-order valence-electron chi connectivity index (χ1n) is 9.90. The number of hydrogen-bond acceptors (Lipinski definition) is 3. The Morgan fingerprint density at radius 3 is 1.80 bits per heavy atom. The minimum Gasteiger partial charge on any atom is -0.379 e. The molecular formula is C24H26BrNO3S. The molecule has 2 N–H and O–H groups in total. The van der Waals surface area contributed by atoms with Crippen molar-refractivity contribution in [3.05, 3.63) is 101 Å². The van der Waals surface area contributed by atoms with Crippen LogP contribution in [0.1, 0.15) is 31.4 Å². The average molecular weight is 488 g/mol. The van der Waals surface area contributed by atoms with Gasteiger partial charge < -0.3 is 5.11 Å². The Morgan fingerprint density at radius 2 is 1.37 bits per heavy atom. The first-order chi connectivity index (χ1) is 14.3. The van der Waals surface area contributed by atoms with E-state index >= 15 is 0 Å². The number of sulfonamides is 1. The van der Waals surface area contributed by atoms with Crippen molar-refractivity contribution in [3.8, 4) is 0 Å². The van der Waals surface area contributed by atoms with Gasteiger partial charge in [0.25, 0.3) is 0 Å². The van der Waals surface area contributed by atoms with E-state index in [2.05, 4.69) is 20.7 Å². The third kappa shape index (κ3) is 4.67. The lowest BCUT2D eigenvalue weighted by molar-refractivity contribution is 0.0247. The van der Waals surface area contributed by atoms with Crippen molar-refractivity contribution >= 4 is 26.0 Å². The van der Waals surface area contributed by atoms with Crippen molar-refractivity contribution in [3.63, 3.8) is 0 Å². The molecule has 0 bridgehead atoms. The second-order valence-corrected chi connectivity index (χ2v) is 10.1. The molecule has 158 valence electrons. The van der Waals surface area contributed by atoms with Gasteiger partial charge in [0.1, 0.15) is 5.60 Å². The predicted octanol–water partition coefficient (Wildman–Crippen LogP) is 5.08. The van der Waals surface area contributed by atoms with Crippen LogP contribution in [0.3, 0.4) is 0 Å². The first kappa shape index (κ1) is 22.7. The summed E-state index contributed by atoms with van der Waals surface area (Å²) in [6.45, 7) is 3.94. The molecule has 0 aliphatic heterocycles. The van der Waals surface area contributed by atoms with Crippen LogP contribution in [0.25, 0.3) is 0 Å². The van der Waals surface area contributed by atoms with Gasteiger partial charge in [-0.25, -0.2) is 13.1 Å². The van der Waals surface area contributed by atoms with Gasteiger partial charge >= 0.3 is 0 Å². The Kier molecular flexibility index (Phi) is 7.14. The fourth-order valence-electron chi connectivity index (χ4n) is 3.61. The summed E-state index contributed by atoms with van der Waals surface area (Å²) in [7, 11) is -3.86. The molecule has 0 saturated heterocycles. The van der Waals surface area contributed by atoms with Gasteiger partial charge in [-0.1, -0.05) is 96.9 Å². The number of benzene rings is 3. The highest BCUT2D eigenvalue weighted by molar-refractivity contribution is 9.10. The lowest BCUT2D eigenvalue weighted by Crippen LogP contribution is -2.54. The summed E-state index contributed by atoms with van der Waals surface area (Å²) >= 11 is 3.34. The molecule has 0 radical (unpaired) electrons. The van der Waals surface area contributed by atoms with Crippen molar-refractivity contribution in [1.82, 2.24) is 4.72 Å². The van der Waals surface area contributed by atoms with Crippen molar-refractivity contribution in [2.45, 2.75) is 36.8 Å². The monoisotopic (exact) mass is 487 g/mol. The van der Waals surface area contributed by atoms with Crippen LogP contribution in [0.15, 0.2) is 94.3 Å². The zero-order valence-electron chi connectivity index (χ0n) is 17.0. The molecule has 2 atom stereocenters. The van der Waals surface area contributed by atoms with Gasteiger partial charge in [0, 0.05) is 4.47 Å². The van der Waals surface area contributed by atoms with E-state index in [1.54, 1.807) is 24.3 Å². The third-order valence-corrected chi connectivity index (χ3v) is 7.48. The highest BCUT2D eigenvalue weighted by Gasteiger charge is 2.44. The fraction of sp³-hybridized carbons (Fsp3) is 0.250. The highest BCUT2D eigenvalue weighted by Crippen LogP contribution is 2.37. The Labute approximate surface area is 187 Å². The summed E-state index contributed by atoms with van der Waals surface area (Å²) in [6, 6.07) is 24.1. The van der Waals surface area contributed by atoms with Crippen LogP contribution in [0.5, 0.6) is 0 Å². The summed E-state index contributed by atoms with van der Waals surface area (Å²) in [5.41, 5.74) is -0.264. The highest BCUT2D eigenvalue weighted by atomic mass is 79.9. The Hall–Kier alpha value is -1.99. The second-order valence-electron chi connectivity index (χ2n) is 7.44. The Bertz CT molecular complexity index is 1020. The van der Waals surface area contributed by atoms with Crippen LogP contribution in [-0.2, 0) is 15.6 Å². The molecule has 0 saturated carbocycles. The van der Waals surface area contributed by atoms with Crippen molar-refractivity contribution in [2.24, 2.45) is 5.92 Å². The topological polar surface area (TPSA) is 66.4 Å². The van der Waals surface area contributed by atoms with Crippen LogP contribution in [0.4, 0.5) is 0 Å². The molecule has 3 aromatic rings. The third-order valence-electron chi connectivity index (χ3n) is 5.50. The maximum Gasteiger partial charge on any atom is 0.240 e. The van der Waals surface area contributed by atoms with E-state index < -0.39 is 21.7 Å². The van der Waals surface area contributed by atoms with E-state index in [0.717, 1.165) is 4.47 Å². The van der Waals surface area contributed by atoms with Crippen molar-refractivity contribution in [1.29, 1.82) is 0 Å². The molecule has 0 aliphatic rings. The largest absolute Gasteiger partial charge is 0.379 e. The SMILES string of the molecule is CC[C@H](C)[C@H](NS(=O)(=O)c1ccc(Br)cc1)C(O)(c1ccccc1)c1ccccc1. The number of aliphatic hydroxyl groups is 1. The van der Waals surface area contributed by atoms with Gasteiger partial charge in [-0.15, -0.1) is 0 Å². The lowest BCUT2D eigenvalue weighted by atomic mass is 9.75. The van der Waals surface area contributed by atoms with E-state index in [1.165, 1.54) is 0 Å². The van der Waals surface area contributed by atoms with Gasteiger partial charge in [0.05, 0.1) is 10.9 Å². The van der Waals surface area contributed by atoms with E-state index in [0.29, 0.717) is 17.5 Å². The van der Waals surface area contributed by atoms with E-state index in [1.807, 2.05) is 74.5 Å². The minimum absolute atomic E-state index is 0.138. The second kappa shape index (κ2) is 9.43. The maximum absolute atomic E-state index is 13.2. The summed E-state index contributed by atoms with van der Waals surface area (Å²) < 4.78 is 30.1. The Balaban J connectivity index is 2.14. The van der Waals surface area contributed by atoms with Crippen LogP contribution >= 0.6 is 15.9 Å². The zero-order valence-corrected chi connectivity index (χ0v) is 19.4. The number of nitrogens with one attached hydrogen (secondary N) is 1. The van der Waals surface area contributed by atoms with Gasteiger partial charge in [0.15, 0.2) is 0 Å². The summed E-state index contributed by atoms with van der Waals surface area (Å²) in [5.74, 6) is -0.138. The molecule has 0 unspecified atom stereocenters. The molecule has 0 amide bonds. The van der Waals surface area contributed by atoms with Crippen molar-refractivity contribution in [2.75, 3.05) is 0 Å². The zero-order chi connectivity index (χ0) is 21.8. The summed E-state index contributed by atoms with van der Waals surface area (Å²) in [6.07, 6.45) is 0.690. The summed E-state index contributed by atoms with van der Waals surface area (Å²) in [5, 5.41) is 12.1. The molecule has 0 aromatic heterocycles. The van der Waals surface area contributed by atoms with Gasteiger partial charge in [-0.05, 0) is 41.3 Å². The van der Waals surface area contributed by atoms with E-state index in [-0.39, 0.29) is 10.8 Å². The lowest BCUT2D eigenvalue weighted by Gasteiger charge is -2.40. The normalized spacial score (nSPS) is 14.3. The van der Waals surface area contributed by atoms with Crippen LogP contribution in [0.2, 0.25) is 0 Å². The minimum atomic E-state index is -3.86. The number of halogens is 1. The molecule has 0 aliphatic carbocycles. The smallest absolute Gasteiger partial charge is 0.240 e. The number of rotatable bonds is 8. The predicted molar refractivity (Wildman–Crippen MR) is 124 cm³/mol. The van der Waals surface area contributed by atoms with Crippen LogP contribution in [-0.4, -0.2) is 19.6 Å². The Morgan fingerprint density at radius 1 is 0.900 bits per heavy atom. The molecule has 3 rings (SSSR count). The maximum atomic E-state index is 13.2. The van der Waals surface area contributed by atoms with Gasteiger partial charge in [-0.3, -0.25) is 0 Å².